The Balaban J connectivity index is 1.66. The van der Waals surface area contributed by atoms with Crippen molar-refractivity contribution in [3.05, 3.63) is 63.6 Å². The first-order valence-electron chi connectivity index (χ1n) is 9.56. The normalized spacial score (nSPS) is 15.1. The van der Waals surface area contributed by atoms with Crippen LogP contribution < -0.4 is 10.1 Å². The van der Waals surface area contributed by atoms with Crippen molar-refractivity contribution in [1.82, 2.24) is 4.90 Å². The SMILES string of the molecule is COc1ccccc1C=C1SC(=S)N(CCC(=O)Nc2c(C)cc(C)cc2C)C1=O. The van der Waals surface area contributed by atoms with E-state index in [1.54, 1.807) is 13.2 Å². The lowest BCUT2D eigenvalue weighted by Crippen LogP contribution is -2.31. The zero-order chi connectivity index (χ0) is 21.8. The van der Waals surface area contributed by atoms with Crippen LogP contribution in [0.25, 0.3) is 6.08 Å². The number of benzene rings is 2. The molecule has 5 nitrogen and oxygen atoms in total. The van der Waals surface area contributed by atoms with E-state index in [2.05, 4.69) is 5.32 Å². The molecule has 0 atom stereocenters. The number of hydrogen-bond acceptors (Lipinski definition) is 5. The van der Waals surface area contributed by atoms with Crippen LogP contribution in [0.1, 0.15) is 28.7 Å². The first-order chi connectivity index (χ1) is 14.3. The van der Waals surface area contributed by atoms with E-state index in [-0.39, 0.29) is 24.8 Å². The number of ether oxygens (including phenoxy) is 1. The Hall–Kier alpha value is -2.64. The van der Waals surface area contributed by atoms with Gasteiger partial charge in [0.25, 0.3) is 5.91 Å². The molecular formula is C23H24N2O3S2. The lowest BCUT2D eigenvalue weighted by molar-refractivity contribution is -0.122. The third-order valence-electron chi connectivity index (χ3n) is 4.80. The maximum Gasteiger partial charge on any atom is 0.266 e. The van der Waals surface area contributed by atoms with Gasteiger partial charge in [0.15, 0.2) is 0 Å². The predicted molar refractivity (Wildman–Crippen MR) is 127 cm³/mol. The summed E-state index contributed by atoms with van der Waals surface area (Å²) < 4.78 is 5.80. The Morgan fingerprint density at radius 3 is 2.53 bits per heavy atom. The molecule has 1 fully saturated rings. The van der Waals surface area contributed by atoms with Gasteiger partial charge in [0.05, 0.1) is 12.0 Å². The molecule has 2 aromatic rings. The molecule has 3 rings (SSSR count). The number of thiocarbonyl (C=S) groups is 1. The van der Waals surface area contributed by atoms with Crippen LogP contribution in [0.15, 0.2) is 41.3 Å². The third-order valence-corrected chi connectivity index (χ3v) is 6.18. The molecule has 1 aliphatic rings. The van der Waals surface area contributed by atoms with Gasteiger partial charge in [-0.2, -0.15) is 0 Å². The van der Waals surface area contributed by atoms with Crippen molar-refractivity contribution >= 4 is 51.9 Å². The van der Waals surface area contributed by atoms with Crippen LogP contribution in [0.3, 0.4) is 0 Å². The quantitative estimate of drug-likeness (QED) is 0.514. The number of hydrogen-bond donors (Lipinski definition) is 1. The highest BCUT2D eigenvalue weighted by Gasteiger charge is 2.32. The Labute approximate surface area is 186 Å². The minimum absolute atomic E-state index is 0.146. The summed E-state index contributed by atoms with van der Waals surface area (Å²) >= 11 is 6.61. The van der Waals surface area contributed by atoms with Crippen molar-refractivity contribution in [1.29, 1.82) is 0 Å². The van der Waals surface area contributed by atoms with Gasteiger partial charge in [0.1, 0.15) is 10.1 Å². The Morgan fingerprint density at radius 1 is 1.20 bits per heavy atom. The number of amides is 2. The number of carbonyl (C=O) groups excluding carboxylic acids is 2. The highest BCUT2D eigenvalue weighted by molar-refractivity contribution is 8.26. The zero-order valence-corrected chi connectivity index (χ0v) is 19.1. The topological polar surface area (TPSA) is 58.6 Å². The van der Waals surface area contributed by atoms with Crippen LogP contribution in [-0.4, -0.2) is 34.7 Å². The van der Waals surface area contributed by atoms with Crippen molar-refractivity contribution in [2.75, 3.05) is 19.0 Å². The van der Waals surface area contributed by atoms with Gasteiger partial charge < -0.3 is 10.1 Å². The van der Waals surface area contributed by atoms with Gasteiger partial charge in [-0.1, -0.05) is 59.9 Å². The number of para-hydroxylation sites is 1. The molecule has 1 saturated heterocycles. The highest BCUT2D eigenvalue weighted by Crippen LogP contribution is 2.34. The summed E-state index contributed by atoms with van der Waals surface area (Å²) in [5, 5.41) is 2.97. The maximum atomic E-state index is 12.8. The number of rotatable bonds is 6. The number of carbonyl (C=O) groups is 2. The second-order valence-electron chi connectivity index (χ2n) is 7.15. The highest BCUT2D eigenvalue weighted by atomic mass is 32.2. The van der Waals surface area contributed by atoms with Crippen molar-refractivity contribution in [2.45, 2.75) is 27.2 Å². The fourth-order valence-electron chi connectivity index (χ4n) is 3.41. The first kappa shape index (κ1) is 22.1. The summed E-state index contributed by atoms with van der Waals surface area (Å²) in [6.07, 6.45) is 1.94. The fourth-order valence-corrected chi connectivity index (χ4v) is 4.71. The van der Waals surface area contributed by atoms with Gasteiger partial charge in [-0.25, -0.2) is 0 Å². The van der Waals surface area contributed by atoms with Crippen molar-refractivity contribution in [3.63, 3.8) is 0 Å². The molecular weight excluding hydrogens is 416 g/mol. The lowest BCUT2D eigenvalue weighted by Gasteiger charge is -2.16. The van der Waals surface area contributed by atoms with Gasteiger partial charge in [-0.3, -0.25) is 14.5 Å². The molecule has 0 radical (unpaired) electrons. The molecule has 0 spiro atoms. The van der Waals surface area contributed by atoms with Crippen molar-refractivity contribution in [2.24, 2.45) is 0 Å². The molecule has 0 aliphatic carbocycles. The van der Waals surface area contributed by atoms with E-state index in [1.807, 2.05) is 57.2 Å². The Morgan fingerprint density at radius 2 is 1.87 bits per heavy atom. The zero-order valence-electron chi connectivity index (χ0n) is 17.4. The Kier molecular flexibility index (Phi) is 6.95. The second-order valence-corrected chi connectivity index (χ2v) is 8.82. The molecule has 7 heteroatoms. The van der Waals surface area contributed by atoms with Crippen LogP contribution in [0.2, 0.25) is 0 Å². The molecule has 30 heavy (non-hydrogen) atoms. The molecule has 1 aliphatic heterocycles. The van der Waals surface area contributed by atoms with Crippen molar-refractivity contribution in [3.8, 4) is 5.75 Å². The Bertz CT molecular complexity index is 1020. The molecule has 2 aromatic carbocycles. The van der Waals surface area contributed by atoms with E-state index in [1.165, 1.54) is 16.7 Å². The number of thioether (sulfide) groups is 1. The van der Waals surface area contributed by atoms with Gasteiger partial charge in [-0.05, 0) is 44.0 Å². The number of nitrogens with zero attached hydrogens (tertiary/aromatic N) is 1. The second kappa shape index (κ2) is 9.45. The molecule has 1 N–H and O–H groups in total. The average molecular weight is 441 g/mol. The molecule has 1 heterocycles. The largest absolute Gasteiger partial charge is 0.496 e. The molecule has 156 valence electrons. The fraction of sp³-hybridized carbons (Fsp3) is 0.261. The van der Waals surface area contributed by atoms with Crippen LogP contribution in [0.5, 0.6) is 5.75 Å². The van der Waals surface area contributed by atoms with Gasteiger partial charge in [0.2, 0.25) is 5.91 Å². The standard InChI is InChI=1S/C23H24N2O3S2/c1-14-11-15(2)21(16(3)12-14)24-20(26)9-10-25-22(27)19(30-23(25)29)13-17-7-5-6-8-18(17)28-4/h5-8,11-13H,9-10H2,1-4H3,(H,24,26). The van der Waals surface area contributed by atoms with Gasteiger partial charge >= 0.3 is 0 Å². The average Bonchev–Trinajstić information content (AvgIpc) is 2.96. The minimum atomic E-state index is -0.189. The van der Waals surface area contributed by atoms with Crippen molar-refractivity contribution < 1.29 is 14.3 Å². The van der Waals surface area contributed by atoms with E-state index < -0.39 is 0 Å². The monoisotopic (exact) mass is 440 g/mol. The summed E-state index contributed by atoms with van der Waals surface area (Å²) in [7, 11) is 1.59. The van der Waals surface area contributed by atoms with Gasteiger partial charge in [-0.15, -0.1) is 0 Å². The minimum Gasteiger partial charge on any atom is -0.496 e. The number of methoxy groups -OCH3 is 1. The van der Waals surface area contributed by atoms with E-state index in [9.17, 15) is 9.59 Å². The van der Waals surface area contributed by atoms with Crippen LogP contribution in [0, 0.1) is 20.8 Å². The third kappa shape index (κ3) is 4.91. The first-order valence-corrected chi connectivity index (χ1v) is 10.8. The number of nitrogens with one attached hydrogen (secondary N) is 1. The lowest BCUT2D eigenvalue weighted by atomic mass is 10.1. The molecule has 0 saturated carbocycles. The molecule has 2 amide bonds. The smallest absolute Gasteiger partial charge is 0.266 e. The maximum absolute atomic E-state index is 12.8. The molecule has 0 aromatic heterocycles. The summed E-state index contributed by atoms with van der Waals surface area (Å²) in [6.45, 7) is 6.21. The van der Waals surface area contributed by atoms with E-state index >= 15 is 0 Å². The van der Waals surface area contributed by atoms with E-state index in [0.717, 1.165) is 27.9 Å². The summed E-state index contributed by atoms with van der Waals surface area (Å²) in [6, 6.07) is 11.5. The van der Waals surface area contributed by atoms with E-state index in [0.29, 0.717) is 15.0 Å². The van der Waals surface area contributed by atoms with E-state index in [4.69, 9.17) is 17.0 Å². The summed E-state index contributed by atoms with van der Waals surface area (Å²) in [4.78, 5) is 27.3. The van der Waals surface area contributed by atoms with Gasteiger partial charge in [0, 0.05) is 24.2 Å². The van der Waals surface area contributed by atoms with Crippen LogP contribution >= 0.6 is 24.0 Å². The summed E-state index contributed by atoms with van der Waals surface area (Å²) in [5.74, 6) is 0.352. The molecule has 0 unspecified atom stereocenters. The van der Waals surface area contributed by atoms with Crippen LogP contribution in [0.4, 0.5) is 5.69 Å². The van der Waals surface area contributed by atoms with Crippen LogP contribution in [-0.2, 0) is 9.59 Å². The molecule has 0 bridgehead atoms. The number of aryl methyl sites for hydroxylation is 3. The number of anilines is 1. The summed E-state index contributed by atoms with van der Waals surface area (Å²) in [5.41, 5.74) is 4.83. The predicted octanol–water partition coefficient (Wildman–Crippen LogP) is 4.85.